The van der Waals surface area contributed by atoms with Gasteiger partial charge in [-0.15, -0.1) is 0 Å². The van der Waals surface area contributed by atoms with Crippen LogP contribution in [0.25, 0.3) is 0 Å². The second kappa shape index (κ2) is 2.37. The van der Waals surface area contributed by atoms with Gasteiger partial charge < -0.3 is 0 Å². The fourth-order valence-corrected chi connectivity index (χ4v) is 4.20. The van der Waals surface area contributed by atoms with Crippen molar-refractivity contribution in [1.29, 1.82) is 0 Å². The molecule has 0 aromatic carbocycles. The smallest absolute Gasteiger partial charge is 0.0195 e. The van der Waals surface area contributed by atoms with E-state index in [1.54, 1.807) is 6.42 Å². The van der Waals surface area contributed by atoms with Crippen molar-refractivity contribution in [2.24, 2.45) is 23.7 Å². The van der Waals surface area contributed by atoms with Gasteiger partial charge in [-0.25, -0.2) is 0 Å². The topological polar surface area (TPSA) is 0 Å². The zero-order valence-electron chi connectivity index (χ0n) is 7.92. The third-order valence-corrected chi connectivity index (χ3v) is 4.41. The molecular weight excluding hydrogens is 144 g/mol. The lowest BCUT2D eigenvalue weighted by atomic mass is 9.54. The van der Waals surface area contributed by atoms with E-state index in [-0.39, 0.29) is 0 Å². The molecule has 0 nitrogen and oxygen atoms in total. The predicted molar refractivity (Wildman–Crippen MR) is 50.8 cm³/mol. The first kappa shape index (κ1) is 7.17. The van der Waals surface area contributed by atoms with Gasteiger partial charge in [0.15, 0.2) is 0 Å². The van der Waals surface area contributed by atoms with Gasteiger partial charge >= 0.3 is 0 Å². The second-order valence-electron chi connectivity index (χ2n) is 5.09. The quantitative estimate of drug-likeness (QED) is 0.479. The highest BCUT2D eigenvalue weighted by molar-refractivity contribution is 5.19. The van der Waals surface area contributed by atoms with Gasteiger partial charge in [0.1, 0.15) is 0 Å². The molecule has 4 aliphatic rings. The third kappa shape index (κ3) is 0.841. The maximum atomic E-state index is 2.42. The Balaban J connectivity index is 1.95. The maximum Gasteiger partial charge on any atom is -0.0195 e. The summed E-state index contributed by atoms with van der Waals surface area (Å²) < 4.78 is 0. The summed E-state index contributed by atoms with van der Waals surface area (Å²) in [7, 11) is 0. The monoisotopic (exact) mass is 162 g/mol. The molecule has 0 aliphatic heterocycles. The van der Waals surface area contributed by atoms with Crippen LogP contribution < -0.4 is 0 Å². The van der Waals surface area contributed by atoms with Crippen LogP contribution in [0.1, 0.15) is 39.0 Å². The van der Waals surface area contributed by atoms with E-state index in [0.717, 1.165) is 23.7 Å². The largest absolute Gasteiger partial charge is 0.0879 e. The van der Waals surface area contributed by atoms with Crippen molar-refractivity contribution < 1.29 is 0 Å². The molecule has 0 unspecified atom stereocenters. The van der Waals surface area contributed by atoms with Crippen LogP contribution in [0.2, 0.25) is 0 Å². The predicted octanol–water partition coefficient (Wildman–Crippen LogP) is 3.39. The normalized spacial score (nSPS) is 49.9. The summed E-state index contributed by atoms with van der Waals surface area (Å²) >= 11 is 0. The first-order chi connectivity index (χ1) is 5.86. The lowest BCUT2D eigenvalue weighted by Gasteiger charge is -2.51. The summed E-state index contributed by atoms with van der Waals surface area (Å²) in [6.07, 6.45) is 10.1. The second-order valence-corrected chi connectivity index (χ2v) is 5.09. The average molecular weight is 162 g/mol. The minimum Gasteiger partial charge on any atom is -0.0879 e. The van der Waals surface area contributed by atoms with E-state index in [1.165, 1.54) is 25.7 Å². The molecule has 12 heavy (non-hydrogen) atoms. The van der Waals surface area contributed by atoms with Crippen molar-refractivity contribution >= 4 is 0 Å². The van der Waals surface area contributed by atoms with Crippen molar-refractivity contribution in [2.45, 2.75) is 39.0 Å². The Morgan fingerprint density at radius 2 is 1.42 bits per heavy atom. The van der Waals surface area contributed by atoms with Gasteiger partial charge in [0.25, 0.3) is 0 Å². The zero-order valence-corrected chi connectivity index (χ0v) is 7.92. The summed E-state index contributed by atoms with van der Waals surface area (Å²) in [6, 6.07) is 0. The van der Waals surface area contributed by atoms with Crippen LogP contribution in [0.15, 0.2) is 11.6 Å². The summed E-state index contributed by atoms with van der Waals surface area (Å²) in [6.45, 7) is 2.25. The SMILES string of the molecule is CC=C1C2CC3CC(C2)CC1C3. The van der Waals surface area contributed by atoms with E-state index in [4.69, 9.17) is 0 Å². The molecule has 66 valence electrons. The van der Waals surface area contributed by atoms with Crippen molar-refractivity contribution in [1.82, 2.24) is 0 Å². The summed E-state index contributed by atoms with van der Waals surface area (Å²) in [5, 5.41) is 0. The molecule has 0 aromatic rings. The van der Waals surface area contributed by atoms with Gasteiger partial charge in [-0.2, -0.15) is 0 Å². The lowest BCUT2D eigenvalue weighted by molar-refractivity contribution is 0.0695. The Kier molecular flexibility index (Phi) is 1.42. The van der Waals surface area contributed by atoms with Crippen LogP contribution >= 0.6 is 0 Å². The Morgan fingerprint density at radius 3 is 1.83 bits per heavy atom. The van der Waals surface area contributed by atoms with Gasteiger partial charge in [-0.3, -0.25) is 0 Å². The van der Waals surface area contributed by atoms with Gasteiger partial charge in [0.2, 0.25) is 0 Å². The van der Waals surface area contributed by atoms with Gasteiger partial charge in [0, 0.05) is 0 Å². The van der Waals surface area contributed by atoms with E-state index < -0.39 is 0 Å². The summed E-state index contributed by atoms with van der Waals surface area (Å²) in [5.74, 6) is 4.28. The Hall–Kier alpha value is -0.260. The molecule has 4 rings (SSSR count). The highest BCUT2D eigenvalue weighted by Gasteiger charge is 2.44. The Bertz CT molecular complexity index is 194. The summed E-state index contributed by atoms with van der Waals surface area (Å²) in [4.78, 5) is 0. The minimum absolute atomic E-state index is 1.02. The van der Waals surface area contributed by atoms with Gasteiger partial charge in [0.05, 0.1) is 0 Å². The highest BCUT2D eigenvalue weighted by Crippen LogP contribution is 2.56. The maximum absolute atomic E-state index is 2.42. The van der Waals surface area contributed by atoms with E-state index in [2.05, 4.69) is 13.0 Å². The molecule has 4 aliphatic carbocycles. The van der Waals surface area contributed by atoms with Crippen molar-refractivity contribution in [2.75, 3.05) is 0 Å². The molecule has 0 saturated heterocycles. The number of hydrogen-bond acceptors (Lipinski definition) is 0. The number of rotatable bonds is 0. The molecule has 4 fully saturated rings. The molecular formula is C12H18. The van der Waals surface area contributed by atoms with E-state index in [1.807, 2.05) is 5.57 Å². The zero-order chi connectivity index (χ0) is 8.13. The van der Waals surface area contributed by atoms with E-state index >= 15 is 0 Å². The summed E-state index contributed by atoms with van der Waals surface area (Å²) in [5.41, 5.74) is 1.84. The van der Waals surface area contributed by atoms with E-state index in [0.29, 0.717) is 0 Å². The molecule has 0 N–H and O–H groups in total. The fourth-order valence-electron chi connectivity index (χ4n) is 4.20. The fraction of sp³-hybridized carbons (Fsp3) is 0.833. The standard InChI is InChI=1S/C12H18/c1-2-12-10-4-8-3-9(6-10)7-11(12)5-8/h2,8-11H,3-7H2,1H3. The Labute approximate surface area is 75.0 Å². The van der Waals surface area contributed by atoms with Gasteiger partial charge in [-0.05, 0) is 62.7 Å². The molecule has 4 bridgehead atoms. The highest BCUT2D eigenvalue weighted by atomic mass is 14.5. The first-order valence-corrected chi connectivity index (χ1v) is 5.53. The molecule has 0 heterocycles. The Morgan fingerprint density at radius 1 is 0.917 bits per heavy atom. The number of hydrogen-bond donors (Lipinski definition) is 0. The van der Waals surface area contributed by atoms with Crippen molar-refractivity contribution in [3.8, 4) is 0 Å². The average Bonchev–Trinajstić information content (AvgIpc) is 2.02. The minimum atomic E-state index is 1.02. The van der Waals surface area contributed by atoms with Crippen LogP contribution in [-0.4, -0.2) is 0 Å². The van der Waals surface area contributed by atoms with Gasteiger partial charge in [-0.1, -0.05) is 11.6 Å². The van der Waals surface area contributed by atoms with Crippen molar-refractivity contribution in [3.63, 3.8) is 0 Å². The molecule has 4 saturated carbocycles. The van der Waals surface area contributed by atoms with Crippen LogP contribution in [0.4, 0.5) is 0 Å². The third-order valence-electron chi connectivity index (χ3n) is 4.41. The van der Waals surface area contributed by atoms with Crippen LogP contribution in [0.3, 0.4) is 0 Å². The van der Waals surface area contributed by atoms with Crippen LogP contribution in [0.5, 0.6) is 0 Å². The molecule has 0 aromatic heterocycles. The first-order valence-electron chi connectivity index (χ1n) is 5.53. The van der Waals surface area contributed by atoms with Crippen molar-refractivity contribution in [3.05, 3.63) is 11.6 Å². The lowest BCUT2D eigenvalue weighted by Crippen LogP contribution is -2.40. The number of allylic oxidation sites excluding steroid dienone is 2. The van der Waals surface area contributed by atoms with Crippen LogP contribution in [-0.2, 0) is 0 Å². The molecule has 0 radical (unpaired) electrons. The molecule has 0 atom stereocenters. The van der Waals surface area contributed by atoms with Crippen LogP contribution in [0, 0.1) is 23.7 Å². The molecule has 0 spiro atoms. The van der Waals surface area contributed by atoms with E-state index in [9.17, 15) is 0 Å². The molecule has 0 amide bonds. The molecule has 0 heteroatoms.